The van der Waals surface area contributed by atoms with Gasteiger partial charge >= 0.3 is 0 Å². The SMILES string of the molecule is CCCCc1ncc(CN2CCCC2c2nc(C)ncc2CN(C)C)[nH]1. The molecule has 2 aromatic rings. The van der Waals surface area contributed by atoms with Crippen LogP contribution in [0.25, 0.3) is 0 Å². The molecule has 0 amide bonds. The summed E-state index contributed by atoms with van der Waals surface area (Å²) in [4.78, 5) is 22.1. The molecule has 1 aliphatic rings. The topological polar surface area (TPSA) is 60.9 Å². The summed E-state index contributed by atoms with van der Waals surface area (Å²) in [5.74, 6) is 1.97. The Morgan fingerprint density at radius 3 is 2.88 bits per heavy atom. The zero-order valence-corrected chi connectivity index (χ0v) is 16.6. The van der Waals surface area contributed by atoms with Crippen molar-refractivity contribution < 1.29 is 0 Å². The first-order valence-corrected chi connectivity index (χ1v) is 9.80. The minimum absolute atomic E-state index is 0.369. The molecule has 1 N–H and O–H groups in total. The van der Waals surface area contributed by atoms with E-state index in [-0.39, 0.29) is 0 Å². The summed E-state index contributed by atoms with van der Waals surface area (Å²) >= 11 is 0. The fraction of sp³-hybridized carbons (Fsp3) is 0.650. The number of hydrogen-bond donors (Lipinski definition) is 1. The van der Waals surface area contributed by atoms with Crippen LogP contribution in [0.2, 0.25) is 0 Å². The predicted molar refractivity (Wildman–Crippen MR) is 104 cm³/mol. The third-order valence-electron chi connectivity index (χ3n) is 5.01. The van der Waals surface area contributed by atoms with Gasteiger partial charge in [-0.2, -0.15) is 0 Å². The van der Waals surface area contributed by atoms with Crippen molar-refractivity contribution in [3.05, 3.63) is 41.0 Å². The predicted octanol–water partition coefficient (Wildman–Crippen LogP) is 3.25. The van der Waals surface area contributed by atoms with Crippen LogP contribution in [-0.2, 0) is 19.5 Å². The summed E-state index contributed by atoms with van der Waals surface area (Å²) in [6.07, 6.45) is 9.82. The van der Waals surface area contributed by atoms with Gasteiger partial charge in [0.25, 0.3) is 0 Å². The fourth-order valence-electron chi connectivity index (χ4n) is 3.76. The van der Waals surface area contributed by atoms with Crippen LogP contribution in [-0.4, -0.2) is 50.4 Å². The molecule has 1 fully saturated rings. The van der Waals surface area contributed by atoms with E-state index >= 15 is 0 Å². The van der Waals surface area contributed by atoms with Gasteiger partial charge in [-0.25, -0.2) is 15.0 Å². The van der Waals surface area contributed by atoms with Crippen LogP contribution in [0.4, 0.5) is 0 Å². The van der Waals surface area contributed by atoms with Crippen molar-refractivity contribution >= 4 is 0 Å². The molecule has 142 valence electrons. The first-order chi connectivity index (χ1) is 12.6. The largest absolute Gasteiger partial charge is 0.345 e. The highest BCUT2D eigenvalue weighted by atomic mass is 15.2. The molecule has 6 nitrogen and oxygen atoms in total. The highest BCUT2D eigenvalue weighted by Crippen LogP contribution is 2.34. The number of H-pyrrole nitrogens is 1. The molecule has 3 rings (SSSR count). The minimum Gasteiger partial charge on any atom is -0.345 e. The second kappa shape index (κ2) is 8.73. The van der Waals surface area contributed by atoms with Crippen LogP contribution in [0, 0.1) is 6.92 Å². The molecular formula is C20H32N6. The second-order valence-corrected chi connectivity index (χ2v) is 7.65. The van der Waals surface area contributed by atoms with E-state index in [1.807, 2.05) is 19.3 Å². The maximum atomic E-state index is 4.84. The maximum Gasteiger partial charge on any atom is 0.125 e. The van der Waals surface area contributed by atoms with Crippen LogP contribution in [0.3, 0.4) is 0 Å². The number of likely N-dealkylation sites (tertiary alicyclic amines) is 1. The molecule has 1 unspecified atom stereocenters. The van der Waals surface area contributed by atoms with Crippen LogP contribution < -0.4 is 0 Å². The Morgan fingerprint density at radius 1 is 1.27 bits per heavy atom. The Morgan fingerprint density at radius 2 is 2.12 bits per heavy atom. The standard InChI is InChI=1S/C20H32N6/c1-5-6-9-19-22-12-17(24-19)14-26-10-7-8-18(26)20-16(13-25(3)4)11-21-15(2)23-20/h11-12,18H,5-10,13-14H2,1-4H3,(H,22,24). The third-order valence-corrected chi connectivity index (χ3v) is 5.01. The minimum atomic E-state index is 0.369. The Balaban J connectivity index is 1.76. The molecule has 0 aliphatic carbocycles. The maximum absolute atomic E-state index is 4.84. The second-order valence-electron chi connectivity index (χ2n) is 7.65. The summed E-state index contributed by atoms with van der Waals surface area (Å²) in [6.45, 7) is 7.10. The molecule has 0 bridgehead atoms. The van der Waals surface area contributed by atoms with Gasteiger partial charge in [0.05, 0.1) is 11.7 Å². The fourth-order valence-corrected chi connectivity index (χ4v) is 3.76. The molecule has 0 saturated carbocycles. The average molecular weight is 357 g/mol. The summed E-state index contributed by atoms with van der Waals surface area (Å²) < 4.78 is 0. The first kappa shape index (κ1) is 19.0. The van der Waals surface area contributed by atoms with Crippen molar-refractivity contribution in [2.75, 3.05) is 20.6 Å². The molecule has 1 atom stereocenters. The van der Waals surface area contributed by atoms with Crippen molar-refractivity contribution in [2.24, 2.45) is 0 Å². The van der Waals surface area contributed by atoms with Gasteiger partial charge in [-0.3, -0.25) is 4.90 Å². The van der Waals surface area contributed by atoms with Gasteiger partial charge in [-0.05, 0) is 46.8 Å². The number of hydrogen-bond acceptors (Lipinski definition) is 5. The number of unbranched alkanes of at least 4 members (excludes halogenated alkanes) is 1. The van der Waals surface area contributed by atoms with Crippen molar-refractivity contribution in [3.8, 4) is 0 Å². The van der Waals surface area contributed by atoms with E-state index in [0.717, 1.165) is 44.1 Å². The lowest BCUT2D eigenvalue weighted by Crippen LogP contribution is -2.26. The lowest BCUT2D eigenvalue weighted by molar-refractivity contribution is 0.238. The third kappa shape index (κ3) is 4.68. The van der Waals surface area contributed by atoms with Crippen LogP contribution >= 0.6 is 0 Å². The van der Waals surface area contributed by atoms with Gasteiger partial charge in [0.15, 0.2) is 0 Å². The summed E-state index contributed by atoms with van der Waals surface area (Å²) in [7, 11) is 4.19. The molecule has 6 heteroatoms. The Hall–Kier alpha value is -1.79. The first-order valence-electron chi connectivity index (χ1n) is 9.80. The molecule has 0 radical (unpaired) electrons. The molecular weight excluding hydrogens is 324 g/mol. The number of imidazole rings is 1. The number of aromatic nitrogens is 4. The van der Waals surface area contributed by atoms with E-state index in [1.54, 1.807) is 0 Å². The summed E-state index contributed by atoms with van der Waals surface area (Å²) in [5, 5.41) is 0. The Bertz CT molecular complexity index is 708. The molecule has 0 spiro atoms. The van der Waals surface area contributed by atoms with Crippen LogP contribution in [0.1, 0.15) is 67.2 Å². The summed E-state index contributed by atoms with van der Waals surface area (Å²) in [5.41, 5.74) is 3.66. The van der Waals surface area contributed by atoms with E-state index in [0.29, 0.717) is 6.04 Å². The van der Waals surface area contributed by atoms with Crippen LogP contribution in [0.15, 0.2) is 12.4 Å². The quantitative estimate of drug-likeness (QED) is 0.787. The van der Waals surface area contributed by atoms with Crippen molar-refractivity contribution in [1.82, 2.24) is 29.7 Å². The van der Waals surface area contributed by atoms with E-state index in [2.05, 4.69) is 45.8 Å². The number of aromatic amines is 1. The van der Waals surface area contributed by atoms with Crippen molar-refractivity contribution in [2.45, 2.75) is 65.1 Å². The molecule has 26 heavy (non-hydrogen) atoms. The summed E-state index contributed by atoms with van der Waals surface area (Å²) in [6, 6.07) is 0.369. The highest BCUT2D eigenvalue weighted by Gasteiger charge is 2.29. The van der Waals surface area contributed by atoms with Gasteiger partial charge in [-0.15, -0.1) is 0 Å². The lowest BCUT2D eigenvalue weighted by Gasteiger charge is -2.26. The Labute approximate surface area is 157 Å². The zero-order valence-electron chi connectivity index (χ0n) is 16.6. The van der Waals surface area contributed by atoms with E-state index in [4.69, 9.17) is 4.98 Å². The van der Waals surface area contributed by atoms with Crippen molar-refractivity contribution in [1.29, 1.82) is 0 Å². The van der Waals surface area contributed by atoms with Gasteiger partial charge in [0.1, 0.15) is 11.6 Å². The molecule has 2 aromatic heterocycles. The molecule has 1 saturated heterocycles. The smallest absolute Gasteiger partial charge is 0.125 e. The van der Waals surface area contributed by atoms with E-state index in [1.165, 1.54) is 36.2 Å². The normalized spacial score (nSPS) is 18.1. The Kier molecular flexibility index (Phi) is 6.38. The van der Waals surface area contributed by atoms with E-state index in [9.17, 15) is 0 Å². The van der Waals surface area contributed by atoms with Gasteiger partial charge < -0.3 is 9.88 Å². The van der Waals surface area contributed by atoms with Crippen molar-refractivity contribution in [3.63, 3.8) is 0 Å². The van der Waals surface area contributed by atoms with Gasteiger partial charge in [0, 0.05) is 43.2 Å². The van der Waals surface area contributed by atoms with E-state index < -0.39 is 0 Å². The van der Waals surface area contributed by atoms with Crippen LogP contribution in [0.5, 0.6) is 0 Å². The number of nitrogens with zero attached hydrogens (tertiary/aromatic N) is 5. The zero-order chi connectivity index (χ0) is 18.5. The molecule has 0 aromatic carbocycles. The van der Waals surface area contributed by atoms with Gasteiger partial charge in [0.2, 0.25) is 0 Å². The highest BCUT2D eigenvalue weighted by molar-refractivity contribution is 5.22. The van der Waals surface area contributed by atoms with Gasteiger partial charge in [-0.1, -0.05) is 13.3 Å². The number of aryl methyl sites for hydroxylation is 2. The monoisotopic (exact) mass is 356 g/mol. The lowest BCUT2D eigenvalue weighted by atomic mass is 10.1. The number of rotatable bonds is 8. The average Bonchev–Trinajstić information content (AvgIpc) is 3.24. The number of nitrogens with one attached hydrogen (secondary N) is 1. The molecule has 3 heterocycles. The molecule has 1 aliphatic heterocycles.